The van der Waals surface area contributed by atoms with E-state index in [0.717, 1.165) is 90.9 Å². The van der Waals surface area contributed by atoms with Gasteiger partial charge in [0.2, 0.25) is 0 Å². The Kier molecular flexibility index (Phi) is 10.9. The summed E-state index contributed by atoms with van der Waals surface area (Å²) in [6, 6.07) is 32.4. The van der Waals surface area contributed by atoms with Crippen LogP contribution in [0.2, 0.25) is 0 Å². The van der Waals surface area contributed by atoms with E-state index < -0.39 is 0 Å². The smallest absolute Gasteiger partial charge is 0.163 e. The molecule has 2 aliphatic carbocycles. The summed E-state index contributed by atoms with van der Waals surface area (Å²) in [5, 5.41) is 10.4. The van der Waals surface area contributed by atoms with Crippen LogP contribution in [0.4, 0.5) is 11.4 Å². The van der Waals surface area contributed by atoms with E-state index in [2.05, 4.69) is 52.4 Å². The second kappa shape index (κ2) is 16.0. The van der Waals surface area contributed by atoms with Gasteiger partial charge in [-0.05, 0) is 103 Å². The molecule has 0 heterocycles. The van der Waals surface area contributed by atoms with Gasteiger partial charge in [0.25, 0.3) is 0 Å². The van der Waals surface area contributed by atoms with Crippen LogP contribution in [0.5, 0.6) is 23.0 Å². The first-order chi connectivity index (χ1) is 23.1. The summed E-state index contributed by atoms with van der Waals surface area (Å²) in [6.45, 7) is 2.27. The number of hydrogen-bond donors (Lipinski definition) is 3. The van der Waals surface area contributed by atoms with Crippen molar-refractivity contribution in [1.82, 2.24) is 5.32 Å². The quantitative estimate of drug-likeness (QED) is 0.121. The van der Waals surface area contributed by atoms with E-state index in [1.807, 2.05) is 79.8 Å². The van der Waals surface area contributed by atoms with Gasteiger partial charge in [-0.2, -0.15) is 0 Å². The van der Waals surface area contributed by atoms with Gasteiger partial charge in [0.15, 0.2) is 11.5 Å². The van der Waals surface area contributed by atoms with Crippen molar-refractivity contribution in [1.29, 1.82) is 0 Å². The maximum atomic E-state index is 6.36. The van der Waals surface area contributed by atoms with Crippen LogP contribution in [0.3, 0.4) is 0 Å². The highest BCUT2D eigenvalue weighted by Crippen LogP contribution is 2.35. The average Bonchev–Trinajstić information content (AvgIpc) is 3.57. The molecule has 6 rings (SSSR count). The number of nitrogens with one attached hydrogen (secondary N) is 3. The van der Waals surface area contributed by atoms with Crippen molar-refractivity contribution in [3.63, 3.8) is 0 Å². The first-order valence-corrected chi connectivity index (χ1v) is 16.6. The second-order valence-electron chi connectivity index (χ2n) is 12.1. The molecule has 2 aliphatic rings. The van der Waals surface area contributed by atoms with E-state index in [1.54, 1.807) is 7.11 Å². The predicted octanol–water partition coefficient (Wildman–Crippen LogP) is 9.06. The summed E-state index contributed by atoms with van der Waals surface area (Å²) in [6.07, 6.45) is 9.63. The lowest BCUT2D eigenvalue weighted by Crippen LogP contribution is -2.23. The Morgan fingerprint density at radius 1 is 0.723 bits per heavy atom. The molecule has 0 amide bonds. The van der Waals surface area contributed by atoms with Crippen molar-refractivity contribution in [3.05, 3.63) is 132 Å². The van der Waals surface area contributed by atoms with Crippen molar-refractivity contribution in [3.8, 4) is 23.0 Å². The first kappa shape index (κ1) is 31.9. The fraction of sp³-hybridized carbons (Fsp3) is 0.300. The minimum Gasteiger partial charge on any atom is -0.493 e. The van der Waals surface area contributed by atoms with Gasteiger partial charge in [0, 0.05) is 49.7 Å². The highest BCUT2D eigenvalue weighted by atomic mass is 16.5. The molecule has 4 aromatic rings. The van der Waals surface area contributed by atoms with E-state index in [9.17, 15) is 0 Å². The van der Waals surface area contributed by atoms with Crippen LogP contribution in [0.1, 0.15) is 43.2 Å². The van der Waals surface area contributed by atoms with E-state index >= 15 is 0 Å². The molecule has 1 saturated carbocycles. The Morgan fingerprint density at radius 3 is 2.32 bits per heavy atom. The molecule has 7 heteroatoms. The van der Waals surface area contributed by atoms with Crippen molar-refractivity contribution in [2.75, 3.05) is 31.3 Å². The molecule has 244 valence electrons. The molecule has 3 N–H and O–H groups in total. The molecule has 47 heavy (non-hydrogen) atoms. The molecular weight excluding hydrogens is 586 g/mol. The topological polar surface area (TPSA) is 73.0 Å². The Balaban J connectivity index is 0.914. The van der Waals surface area contributed by atoms with Gasteiger partial charge < -0.3 is 34.9 Å². The largest absolute Gasteiger partial charge is 0.493 e. The number of anilines is 2. The molecule has 0 radical (unpaired) electrons. The van der Waals surface area contributed by atoms with E-state index in [4.69, 9.17) is 18.9 Å². The van der Waals surface area contributed by atoms with Gasteiger partial charge in [-0.25, -0.2) is 0 Å². The molecule has 2 atom stereocenters. The number of rotatable bonds is 15. The lowest BCUT2D eigenvalue weighted by molar-refractivity contribution is 0.187. The summed E-state index contributed by atoms with van der Waals surface area (Å²) in [4.78, 5) is 0. The molecule has 0 aromatic heterocycles. The molecule has 0 aliphatic heterocycles. The summed E-state index contributed by atoms with van der Waals surface area (Å²) in [5.41, 5.74) is 5.72. The van der Waals surface area contributed by atoms with Crippen molar-refractivity contribution >= 4 is 11.4 Å². The van der Waals surface area contributed by atoms with E-state index in [-0.39, 0.29) is 6.10 Å². The lowest BCUT2D eigenvalue weighted by Gasteiger charge is -2.20. The fourth-order valence-electron chi connectivity index (χ4n) is 6.06. The number of ether oxygens (including phenoxy) is 4. The lowest BCUT2D eigenvalue weighted by atomic mass is 10.1. The number of para-hydroxylation sites is 1. The third-order valence-electron chi connectivity index (χ3n) is 8.71. The van der Waals surface area contributed by atoms with Crippen LogP contribution in [0, 0.1) is 5.92 Å². The number of allylic oxidation sites excluding steroid dienone is 4. The zero-order chi connectivity index (χ0) is 32.3. The number of benzene rings is 4. The highest BCUT2D eigenvalue weighted by Gasteiger charge is 2.27. The Bertz CT molecular complexity index is 1650. The first-order valence-electron chi connectivity index (χ1n) is 16.6. The number of methoxy groups -OCH3 is 1. The van der Waals surface area contributed by atoms with Gasteiger partial charge in [-0.3, -0.25) is 0 Å². The fourth-order valence-corrected chi connectivity index (χ4v) is 6.06. The summed E-state index contributed by atoms with van der Waals surface area (Å²) in [5.74, 6) is 4.86. The minimum absolute atomic E-state index is 0.212. The van der Waals surface area contributed by atoms with Gasteiger partial charge in [-0.15, -0.1) is 0 Å². The van der Waals surface area contributed by atoms with Crippen LogP contribution >= 0.6 is 0 Å². The molecule has 2 unspecified atom stereocenters. The normalized spacial score (nSPS) is 17.2. The molecule has 0 saturated heterocycles. The van der Waals surface area contributed by atoms with Crippen LogP contribution in [-0.2, 0) is 17.9 Å². The Labute approximate surface area is 278 Å². The molecule has 1 fully saturated rings. The van der Waals surface area contributed by atoms with Gasteiger partial charge in [0.1, 0.15) is 18.1 Å². The van der Waals surface area contributed by atoms with Crippen LogP contribution in [-0.4, -0.2) is 26.8 Å². The Morgan fingerprint density at radius 2 is 1.53 bits per heavy atom. The number of hydrogen-bond acceptors (Lipinski definition) is 7. The van der Waals surface area contributed by atoms with Gasteiger partial charge >= 0.3 is 0 Å². The van der Waals surface area contributed by atoms with Crippen LogP contribution in [0.25, 0.3) is 0 Å². The Hall–Kier alpha value is -5.04. The minimum atomic E-state index is 0.212. The average molecular weight is 632 g/mol. The molecular formula is C40H45N3O4. The maximum Gasteiger partial charge on any atom is 0.163 e. The third kappa shape index (κ3) is 9.26. The monoisotopic (exact) mass is 631 g/mol. The van der Waals surface area contributed by atoms with E-state index in [1.165, 1.54) is 11.3 Å². The highest BCUT2D eigenvalue weighted by molar-refractivity contribution is 5.54. The second-order valence-corrected chi connectivity index (χ2v) is 12.1. The molecule has 0 spiro atoms. The molecule has 0 bridgehead atoms. The summed E-state index contributed by atoms with van der Waals surface area (Å²) >= 11 is 0. The van der Waals surface area contributed by atoms with Crippen molar-refractivity contribution < 1.29 is 18.9 Å². The predicted molar refractivity (Wildman–Crippen MR) is 189 cm³/mol. The van der Waals surface area contributed by atoms with Gasteiger partial charge in [-0.1, -0.05) is 42.5 Å². The maximum absolute atomic E-state index is 6.36. The van der Waals surface area contributed by atoms with E-state index in [0.29, 0.717) is 12.5 Å². The van der Waals surface area contributed by atoms with Crippen LogP contribution in [0.15, 0.2) is 121 Å². The van der Waals surface area contributed by atoms with Crippen molar-refractivity contribution in [2.24, 2.45) is 5.92 Å². The zero-order valence-corrected chi connectivity index (χ0v) is 27.3. The van der Waals surface area contributed by atoms with Crippen molar-refractivity contribution in [2.45, 2.75) is 51.4 Å². The van der Waals surface area contributed by atoms with Crippen LogP contribution < -0.4 is 30.2 Å². The standard InChI is InChI=1S/C40H45N3O4/c1-41-34-16-22-39(44-2)40(25-34)47-38-17-11-30(24-38)27-43-32-12-18-35(19-13-32)45-28-31-8-6-7-29(23-31)26-42-33-14-20-37(21-15-33)46-36-9-4-3-5-10-36/h3-10,12,14-16,18,20-23,25,30,38,41-43H,11,13,17,19,24,26-28H2,1-2H3. The molecule has 4 aromatic carbocycles. The zero-order valence-electron chi connectivity index (χ0n) is 27.3. The SMILES string of the molecule is CNc1ccc(OC)c(OC2CCC(CNC3=CC=C(OCc4cccc(CNc5ccc(Oc6ccccc6)cc5)c4)CC3)C2)c1. The third-order valence-corrected chi connectivity index (χ3v) is 8.71. The summed E-state index contributed by atoms with van der Waals surface area (Å²) < 4.78 is 24.0. The summed E-state index contributed by atoms with van der Waals surface area (Å²) in [7, 11) is 3.60. The molecule has 7 nitrogen and oxygen atoms in total. The van der Waals surface area contributed by atoms with Gasteiger partial charge in [0.05, 0.1) is 19.0 Å².